The van der Waals surface area contributed by atoms with Crippen molar-refractivity contribution in [3.8, 4) is 0 Å². The van der Waals surface area contributed by atoms with Crippen LogP contribution in [-0.2, 0) is 6.42 Å². The Morgan fingerprint density at radius 3 is 2.44 bits per heavy atom. The van der Waals surface area contributed by atoms with Crippen LogP contribution < -0.4 is 0 Å². The van der Waals surface area contributed by atoms with Crippen molar-refractivity contribution in [2.75, 3.05) is 26.2 Å². The van der Waals surface area contributed by atoms with Gasteiger partial charge in [0, 0.05) is 13.2 Å². The van der Waals surface area contributed by atoms with Crippen molar-refractivity contribution < 1.29 is 5.11 Å². The van der Waals surface area contributed by atoms with E-state index in [1.54, 1.807) is 0 Å². The van der Waals surface area contributed by atoms with Gasteiger partial charge in [0.1, 0.15) is 0 Å². The Bertz CT molecular complexity index is 363. The molecule has 2 nitrogen and oxygen atoms in total. The second-order valence-corrected chi connectivity index (χ2v) is 4.98. The van der Waals surface area contributed by atoms with E-state index in [1.807, 2.05) is 0 Å². The zero-order valence-corrected chi connectivity index (χ0v) is 11.0. The minimum atomic E-state index is 0.226. The van der Waals surface area contributed by atoms with Gasteiger partial charge >= 0.3 is 0 Å². The van der Waals surface area contributed by atoms with Crippen LogP contribution in [0.25, 0.3) is 6.08 Å². The molecule has 0 saturated carbocycles. The molecule has 18 heavy (non-hydrogen) atoms. The van der Waals surface area contributed by atoms with Crippen LogP contribution in [0, 0.1) is 0 Å². The predicted molar refractivity (Wildman–Crippen MR) is 76.6 cm³/mol. The van der Waals surface area contributed by atoms with Crippen molar-refractivity contribution in [1.29, 1.82) is 0 Å². The molecular formula is C16H23NO. The molecule has 1 aromatic carbocycles. The van der Waals surface area contributed by atoms with E-state index >= 15 is 0 Å². The predicted octanol–water partition coefficient (Wildman–Crippen LogP) is 2.72. The van der Waals surface area contributed by atoms with Gasteiger partial charge in [-0.15, -0.1) is 0 Å². The first kappa shape index (κ1) is 13.3. The van der Waals surface area contributed by atoms with E-state index in [9.17, 15) is 0 Å². The van der Waals surface area contributed by atoms with Crippen molar-refractivity contribution >= 4 is 6.08 Å². The van der Waals surface area contributed by atoms with E-state index in [-0.39, 0.29) is 6.61 Å². The Morgan fingerprint density at radius 1 is 1.06 bits per heavy atom. The van der Waals surface area contributed by atoms with Crippen LogP contribution in [-0.4, -0.2) is 36.2 Å². The van der Waals surface area contributed by atoms with Crippen molar-refractivity contribution in [3.63, 3.8) is 0 Å². The Morgan fingerprint density at radius 2 is 1.78 bits per heavy atom. The SMILES string of the molecule is OCCc1ccc(C=CCN2CCCCC2)cc1. The van der Waals surface area contributed by atoms with Crippen LogP contribution in [0.5, 0.6) is 0 Å². The fourth-order valence-electron chi connectivity index (χ4n) is 2.40. The maximum atomic E-state index is 8.86. The molecule has 0 radical (unpaired) electrons. The van der Waals surface area contributed by atoms with Crippen LogP contribution in [0.1, 0.15) is 30.4 Å². The molecule has 1 aliphatic heterocycles. The van der Waals surface area contributed by atoms with Gasteiger partial charge in [-0.3, -0.25) is 4.90 Å². The van der Waals surface area contributed by atoms with Crippen LogP contribution in [0.2, 0.25) is 0 Å². The van der Waals surface area contributed by atoms with E-state index in [0.717, 1.165) is 13.0 Å². The molecule has 0 spiro atoms. The number of rotatable bonds is 5. The number of benzene rings is 1. The molecule has 2 rings (SSSR count). The molecule has 1 N–H and O–H groups in total. The quantitative estimate of drug-likeness (QED) is 0.862. The lowest BCUT2D eigenvalue weighted by atomic mass is 10.1. The second-order valence-electron chi connectivity index (χ2n) is 4.98. The summed E-state index contributed by atoms with van der Waals surface area (Å²) >= 11 is 0. The number of piperidine rings is 1. The van der Waals surface area contributed by atoms with Crippen LogP contribution >= 0.6 is 0 Å². The monoisotopic (exact) mass is 245 g/mol. The summed E-state index contributed by atoms with van der Waals surface area (Å²) in [7, 11) is 0. The molecule has 0 atom stereocenters. The molecule has 2 heteroatoms. The maximum absolute atomic E-state index is 8.86. The number of hydrogen-bond acceptors (Lipinski definition) is 2. The molecule has 1 aromatic rings. The van der Waals surface area contributed by atoms with Crippen molar-refractivity contribution in [1.82, 2.24) is 4.90 Å². The molecule has 98 valence electrons. The molecule has 0 amide bonds. The Hall–Kier alpha value is -1.12. The minimum Gasteiger partial charge on any atom is -0.396 e. The number of likely N-dealkylation sites (tertiary alicyclic amines) is 1. The highest BCUT2D eigenvalue weighted by atomic mass is 16.2. The summed E-state index contributed by atoms with van der Waals surface area (Å²) in [6.45, 7) is 3.79. The second kappa shape index (κ2) is 7.34. The van der Waals surface area contributed by atoms with E-state index in [1.165, 1.54) is 43.5 Å². The van der Waals surface area contributed by atoms with Crippen LogP contribution in [0.3, 0.4) is 0 Å². The fraction of sp³-hybridized carbons (Fsp3) is 0.500. The minimum absolute atomic E-state index is 0.226. The zero-order valence-electron chi connectivity index (χ0n) is 11.0. The third kappa shape index (κ3) is 4.28. The number of nitrogens with zero attached hydrogens (tertiary/aromatic N) is 1. The van der Waals surface area contributed by atoms with E-state index in [0.29, 0.717) is 0 Å². The molecular weight excluding hydrogens is 222 g/mol. The summed E-state index contributed by atoms with van der Waals surface area (Å²) in [5.41, 5.74) is 2.44. The van der Waals surface area contributed by atoms with Gasteiger partial charge in [0.2, 0.25) is 0 Å². The third-order valence-electron chi connectivity index (χ3n) is 3.50. The fourth-order valence-corrected chi connectivity index (χ4v) is 2.40. The Kier molecular flexibility index (Phi) is 5.43. The lowest BCUT2D eigenvalue weighted by Crippen LogP contribution is -2.29. The van der Waals surface area contributed by atoms with Gasteiger partial charge in [-0.05, 0) is 43.5 Å². The van der Waals surface area contributed by atoms with Gasteiger partial charge in [-0.2, -0.15) is 0 Å². The summed E-state index contributed by atoms with van der Waals surface area (Å²) in [4.78, 5) is 2.51. The maximum Gasteiger partial charge on any atom is 0.0471 e. The topological polar surface area (TPSA) is 23.5 Å². The van der Waals surface area contributed by atoms with Gasteiger partial charge in [-0.25, -0.2) is 0 Å². The van der Waals surface area contributed by atoms with Gasteiger partial charge in [0.15, 0.2) is 0 Å². The normalized spacial score (nSPS) is 17.4. The summed E-state index contributed by atoms with van der Waals surface area (Å²) in [6, 6.07) is 8.43. The van der Waals surface area contributed by atoms with Crippen molar-refractivity contribution in [2.45, 2.75) is 25.7 Å². The lowest BCUT2D eigenvalue weighted by Gasteiger charge is -2.24. The third-order valence-corrected chi connectivity index (χ3v) is 3.50. The van der Waals surface area contributed by atoms with Crippen LogP contribution in [0.4, 0.5) is 0 Å². The highest BCUT2D eigenvalue weighted by molar-refractivity contribution is 5.49. The molecule has 0 aliphatic carbocycles. The number of aliphatic hydroxyl groups is 1. The van der Waals surface area contributed by atoms with Gasteiger partial charge in [0.25, 0.3) is 0 Å². The number of aliphatic hydroxyl groups excluding tert-OH is 1. The summed E-state index contributed by atoms with van der Waals surface area (Å²) in [5, 5.41) is 8.86. The highest BCUT2D eigenvalue weighted by Gasteiger charge is 2.07. The van der Waals surface area contributed by atoms with Gasteiger partial charge in [0.05, 0.1) is 0 Å². The van der Waals surface area contributed by atoms with E-state index in [4.69, 9.17) is 5.11 Å². The zero-order chi connectivity index (χ0) is 12.6. The lowest BCUT2D eigenvalue weighted by molar-refractivity contribution is 0.252. The average Bonchev–Trinajstić information content (AvgIpc) is 2.42. The number of hydrogen-bond donors (Lipinski definition) is 1. The molecule has 1 aliphatic rings. The average molecular weight is 245 g/mol. The smallest absolute Gasteiger partial charge is 0.0471 e. The van der Waals surface area contributed by atoms with Gasteiger partial charge in [-0.1, -0.05) is 42.8 Å². The van der Waals surface area contributed by atoms with Crippen LogP contribution in [0.15, 0.2) is 30.3 Å². The Balaban J connectivity index is 1.80. The van der Waals surface area contributed by atoms with Gasteiger partial charge < -0.3 is 5.11 Å². The summed E-state index contributed by atoms with van der Waals surface area (Å²) in [5.74, 6) is 0. The van der Waals surface area contributed by atoms with E-state index in [2.05, 4.69) is 41.3 Å². The van der Waals surface area contributed by atoms with E-state index < -0.39 is 0 Å². The molecule has 1 fully saturated rings. The molecule has 0 aromatic heterocycles. The Labute approximate surface area is 110 Å². The first-order valence-electron chi connectivity index (χ1n) is 6.97. The molecule has 1 heterocycles. The molecule has 0 unspecified atom stereocenters. The van der Waals surface area contributed by atoms with Crippen molar-refractivity contribution in [2.24, 2.45) is 0 Å². The molecule has 0 bridgehead atoms. The highest BCUT2D eigenvalue weighted by Crippen LogP contribution is 2.10. The summed E-state index contributed by atoms with van der Waals surface area (Å²) < 4.78 is 0. The standard InChI is InChI=1S/C16H23NO/c18-14-10-16-8-6-15(7-9-16)5-4-13-17-11-2-1-3-12-17/h4-9,18H,1-3,10-14H2. The largest absolute Gasteiger partial charge is 0.396 e. The first-order valence-corrected chi connectivity index (χ1v) is 6.97. The first-order chi connectivity index (χ1) is 8.88. The molecule has 1 saturated heterocycles. The van der Waals surface area contributed by atoms with Crippen molar-refractivity contribution in [3.05, 3.63) is 41.5 Å². The summed E-state index contributed by atoms with van der Waals surface area (Å²) in [6.07, 6.45) is 9.29.